The summed E-state index contributed by atoms with van der Waals surface area (Å²) in [5.74, 6) is 0.745. The molecule has 0 amide bonds. The lowest BCUT2D eigenvalue weighted by Gasteiger charge is -2.26. The van der Waals surface area contributed by atoms with E-state index in [0.717, 1.165) is 31.2 Å². The zero-order valence-electron chi connectivity index (χ0n) is 6.33. The van der Waals surface area contributed by atoms with Crippen molar-refractivity contribution in [2.24, 2.45) is 5.92 Å². The van der Waals surface area contributed by atoms with Crippen LogP contribution in [-0.4, -0.2) is 22.9 Å². The maximum absolute atomic E-state index is 5.51. The van der Waals surface area contributed by atoms with Crippen molar-refractivity contribution in [1.29, 1.82) is 0 Å². The third-order valence-electron chi connectivity index (χ3n) is 1.96. The molecule has 60 valence electrons. The van der Waals surface area contributed by atoms with E-state index in [9.17, 15) is 0 Å². The fourth-order valence-corrected chi connectivity index (χ4v) is 1.22. The number of hydrogen-bond acceptors (Lipinski definition) is 3. The zero-order chi connectivity index (χ0) is 7.68. The number of hydrogen-bond donors (Lipinski definition) is 2. The van der Waals surface area contributed by atoms with Crippen molar-refractivity contribution in [2.75, 3.05) is 18.8 Å². The smallest absolute Gasteiger partial charge is 0.0719 e. The molecule has 4 heteroatoms. The second-order valence-electron chi connectivity index (χ2n) is 3.02. The van der Waals surface area contributed by atoms with Crippen molar-refractivity contribution in [2.45, 2.75) is 6.54 Å². The number of nitrogens with zero attached hydrogens (tertiary/aromatic N) is 2. The summed E-state index contributed by atoms with van der Waals surface area (Å²) >= 11 is 0. The average molecular weight is 152 g/mol. The van der Waals surface area contributed by atoms with Crippen molar-refractivity contribution in [3.63, 3.8) is 0 Å². The molecule has 0 radical (unpaired) electrons. The van der Waals surface area contributed by atoms with E-state index in [-0.39, 0.29) is 0 Å². The number of anilines is 1. The van der Waals surface area contributed by atoms with Gasteiger partial charge in [0.25, 0.3) is 0 Å². The molecule has 11 heavy (non-hydrogen) atoms. The summed E-state index contributed by atoms with van der Waals surface area (Å²) in [6.07, 6.45) is 3.56. The molecule has 0 unspecified atom stereocenters. The summed E-state index contributed by atoms with van der Waals surface area (Å²) in [6, 6.07) is 0. The van der Waals surface area contributed by atoms with Gasteiger partial charge in [-0.25, -0.2) is 0 Å². The van der Waals surface area contributed by atoms with Gasteiger partial charge in [0.1, 0.15) is 0 Å². The molecule has 0 atom stereocenters. The van der Waals surface area contributed by atoms with Crippen LogP contribution in [0.2, 0.25) is 0 Å². The highest BCUT2D eigenvalue weighted by Gasteiger charge is 2.16. The van der Waals surface area contributed by atoms with Crippen LogP contribution in [0.4, 0.5) is 5.69 Å². The first-order valence-corrected chi connectivity index (χ1v) is 3.83. The second kappa shape index (κ2) is 2.54. The van der Waals surface area contributed by atoms with Gasteiger partial charge in [-0.2, -0.15) is 5.10 Å². The van der Waals surface area contributed by atoms with Crippen LogP contribution < -0.4 is 11.1 Å². The SMILES string of the molecule is Nc1cnn(CC2CNC2)c1. The van der Waals surface area contributed by atoms with E-state index >= 15 is 0 Å². The summed E-state index contributed by atoms with van der Waals surface area (Å²) in [5, 5.41) is 7.32. The predicted octanol–water partition coefficient (Wildman–Crippen LogP) is -0.315. The van der Waals surface area contributed by atoms with Crippen LogP contribution in [0.1, 0.15) is 0 Å². The molecule has 1 aromatic heterocycles. The van der Waals surface area contributed by atoms with E-state index in [1.54, 1.807) is 6.20 Å². The second-order valence-corrected chi connectivity index (χ2v) is 3.02. The minimum Gasteiger partial charge on any atom is -0.396 e. The van der Waals surface area contributed by atoms with Crippen LogP contribution in [0.3, 0.4) is 0 Å². The van der Waals surface area contributed by atoms with Crippen molar-refractivity contribution in [3.8, 4) is 0 Å². The molecule has 0 bridgehead atoms. The van der Waals surface area contributed by atoms with Crippen molar-refractivity contribution < 1.29 is 0 Å². The molecular weight excluding hydrogens is 140 g/mol. The number of aromatic nitrogens is 2. The third kappa shape index (κ3) is 1.35. The van der Waals surface area contributed by atoms with Gasteiger partial charge in [-0.3, -0.25) is 4.68 Å². The highest BCUT2D eigenvalue weighted by Crippen LogP contribution is 2.07. The number of nitrogens with two attached hydrogens (primary N) is 1. The lowest BCUT2D eigenvalue weighted by atomic mass is 10.0. The van der Waals surface area contributed by atoms with Crippen molar-refractivity contribution in [3.05, 3.63) is 12.4 Å². The molecule has 2 rings (SSSR count). The largest absolute Gasteiger partial charge is 0.396 e. The molecule has 1 fully saturated rings. The molecule has 1 saturated heterocycles. The van der Waals surface area contributed by atoms with Gasteiger partial charge < -0.3 is 11.1 Å². The average Bonchev–Trinajstić information content (AvgIpc) is 2.27. The molecule has 0 saturated carbocycles. The Morgan fingerprint density at radius 2 is 2.55 bits per heavy atom. The lowest BCUT2D eigenvalue weighted by molar-refractivity contribution is 0.295. The Morgan fingerprint density at radius 3 is 3.00 bits per heavy atom. The summed E-state index contributed by atoms with van der Waals surface area (Å²) in [5.41, 5.74) is 6.26. The van der Waals surface area contributed by atoms with Crippen LogP contribution in [0.5, 0.6) is 0 Å². The predicted molar refractivity (Wildman–Crippen MR) is 43.0 cm³/mol. The first kappa shape index (κ1) is 6.67. The van der Waals surface area contributed by atoms with Crippen molar-refractivity contribution in [1.82, 2.24) is 15.1 Å². The van der Waals surface area contributed by atoms with E-state index in [0.29, 0.717) is 0 Å². The first-order chi connectivity index (χ1) is 5.34. The topological polar surface area (TPSA) is 55.9 Å². The minimum atomic E-state index is 0.745. The Labute approximate surface area is 65.4 Å². The van der Waals surface area contributed by atoms with Gasteiger partial charge in [0.2, 0.25) is 0 Å². The maximum atomic E-state index is 5.51. The molecule has 1 aromatic rings. The molecule has 0 aromatic carbocycles. The van der Waals surface area contributed by atoms with Gasteiger partial charge in [0, 0.05) is 31.7 Å². The molecular formula is C7H12N4. The van der Waals surface area contributed by atoms with Gasteiger partial charge in [0.15, 0.2) is 0 Å². The maximum Gasteiger partial charge on any atom is 0.0719 e. The van der Waals surface area contributed by atoms with Gasteiger partial charge in [-0.15, -0.1) is 0 Å². The van der Waals surface area contributed by atoms with Gasteiger partial charge in [-0.05, 0) is 0 Å². The van der Waals surface area contributed by atoms with Crippen molar-refractivity contribution >= 4 is 5.69 Å². The molecule has 3 N–H and O–H groups in total. The zero-order valence-corrected chi connectivity index (χ0v) is 6.33. The Hall–Kier alpha value is -1.03. The van der Waals surface area contributed by atoms with Crippen LogP contribution >= 0.6 is 0 Å². The number of nitrogen functional groups attached to an aromatic ring is 1. The Kier molecular flexibility index (Phi) is 1.54. The van der Waals surface area contributed by atoms with E-state index in [2.05, 4.69) is 10.4 Å². The van der Waals surface area contributed by atoms with E-state index in [1.807, 2.05) is 10.9 Å². The van der Waals surface area contributed by atoms with E-state index in [1.165, 1.54) is 0 Å². The third-order valence-corrected chi connectivity index (χ3v) is 1.96. The number of rotatable bonds is 2. The Morgan fingerprint density at radius 1 is 1.73 bits per heavy atom. The highest BCUT2D eigenvalue weighted by molar-refractivity contribution is 5.30. The van der Waals surface area contributed by atoms with Gasteiger partial charge in [-0.1, -0.05) is 0 Å². The van der Waals surface area contributed by atoms with Crippen LogP contribution in [-0.2, 0) is 6.54 Å². The highest BCUT2D eigenvalue weighted by atomic mass is 15.3. The summed E-state index contributed by atoms with van der Waals surface area (Å²) in [6.45, 7) is 3.21. The Bertz CT molecular complexity index is 238. The van der Waals surface area contributed by atoms with Gasteiger partial charge >= 0.3 is 0 Å². The van der Waals surface area contributed by atoms with Crippen LogP contribution in [0.25, 0.3) is 0 Å². The normalized spacial score (nSPS) is 18.2. The summed E-state index contributed by atoms with van der Waals surface area (Å²) in [7, 11) is 0. The molecule has 0 spiro atoms. The van der Waals surface area contributed by atoms with Crippen LogP contribution in [0.15, 0.2) is 12.4 Å². The summed E-state index contributed by atoms with van der Waals surface area (Å²) in [4.78, 5) is 0. The van der Waals surface area contributed by atoms with E-state index in [4.69, 9.17) is 5.73 Å². The molecule has 0 aliphatic carbocycles. The van der Waals surface area contributed by atoms with E-state index < -0.39 is 0 Å². The first-order valence-electron chi connectivity index (χ1n) is 3.83. The Balaban J connectivity index is 1.95. The standard InChI is InChI=1S/C7H12N4/c8-7-3-10-11(5-7)4-6-1-9-2-6/h3,5-6,9H,1-2,4,8H2. The molecule has 4 nitrogen and oxygen atoms in total. The molecule has 1 aliphatic heterocycles. The monoisotopic (exact) mass is 152 g/mol. The lowest BCUT2D eigenvalue weighted by Crippen LogP contribution is -2.44. The molecule has 1 aliphatic rings. The number of nitrogens with one attached hydrogen (secondary N) is 1. The molecule has 2 heterocycles. The van der Waals surface area contributed by atoms with Gasteiger partial charge in [0.05, 0.1) is 11.9 Å². The van der Waals surface area contributed by atoms with Crippen LogP contribution in [0, 0.1) is 5.92 Å². The quantitative estimate of drug-likeness (QED) is 0.611. The minimum absolute atomic E-state index is 0.745. The summed E-state index contributed by atoms with van der Waals surface area (Å²) < 4.78 is 1.90. The fraction of sp³-hybridized carbons (Fsp3) is 0.571. The fourth-order valence-electron chi connectivity index (χ4n) is 1.22.